The topological polar surface area (TPSA) is 32.3 Å². The molecule has 1 aliphatic carbocycles. The Hall–Kier alpha value is -1.35. The van der Waals surface area contributed by atoms with Crippen LogP contribution < -0.4 is 5.32 Å². The van der Waals surface area contributed by atoms with Crippen molar-refractivity contribution in [1.82, 2.24) is 10.2 Å². The van der Waals surface area contributed by atoms with Gasteiger partial charge in [0.1, 0.15) is 0 Å². The summed E-state index contributed by atoms with van der Waals surface area (Å²) in [5, 5.41) is 3.19. The molecule has 1 atom stereocenters. The fourth-order valence-electron chi connectivity index (χ4n) is 3.89. The molecular formula is C20H30N2O. The lowest BCUT2D eigenvalue weighted by Gasteiger charge is -2.22. The summed E-state index contributed by atoms with van der Waals surface area (Å²) in [6.07, 6.45) is 10.1. The first-order valence-electron chi connectivity index (χ1n) is 9.36. The second-order valence-corrected chi connectivity index (χ2v) is 7.21. The van der Waals surface area contributed by atoms with Crippen molar-refractivity contribution in [2.75, 3.05) is 19.6 Å². The van der Waals surface area contributed by atoms with Crippen LogP contribution in [0.4, 0.5) is 0 Å². The zero-order valence-electron chi connectivity index (χ0n) is 14.4. The predicted octanol–water partition coefficient (Wildman–Crippen LogP) is 3.62. The van der Waals surface area contributed by atoms with Crippen LogP contribution >= 0.6 is 0 Å². The quantitative estimate of drug-likeness (QED) is 0.920. The van der Waals surface area contributed by atoms with Crippen molar-refractivity contribution < 1.29 is 4.79 Å². The molecule has 1 aromatic rings. The SMILES string of the molecule is C[C@H](NC(=O)CN1CCCCCC1)c1ccc2c(c1)CCCC2. The van der Waals surface area contributed by atoms with Gasteiger partial charge in [-0.15, -0.1) is 0 Å². The molecule has 3 heteroatoms. The van der Waals surface area contributed by atoms with Gasteiger partial charge in [0.2, 0.25) is 5.91 Å². The van der Waals surface area contributed by atoms with Gasteiger partial charge in [-0.3, -0.25) is 9.69 Å². The summed E-state index contributed by atoms with van der Waals surface area (Å²) in [7, 11) is 0. The van der Waals surface area contributed by atoms with Gasteiger partial charge >= 0.3 is 0 Å². The van der Waals surface area contributed by atoms with Gasteiger partial charge in [0.25, 0.3) is 0 Å². The number of hydrogen-bond donors (Lipinski definition) is 1. The third-order valence-corrected chi connectivity index (χ3v) is 5.32. The maximum absolute atomic E-state index is 12.3. The first kappa shape index (κ1) is 16.5. The molecule has 0 aromatic heterocycles. The van der Waals surface area contributed by atoms with E-state index in [9.17, 15) is 4.79 Å². The molecule has 126 valence electrons. The van der Waals surface area contributed by atoms with E-state index in [4.69, 9.17) is 0 Å². The Kier molecular flexibility index (Phi) is 5.71. The van der Waals surface area contributed by atoms with Crippen molar-refractivity contribution in [2.24, 2.45) is 0 Å². The van der Waals surface area contributed by atoms with Gasteiger partial charge in [0.15, 0.2) is 0 Å². The highest BCUT2D eigenvalue weighted by Gasteiger charge is 2.16. The fraction of sp³-hybridized carbons (Fsp3) is 0.650. The molecule has 3 nitrogen and oxygen atoms in total. The third-order valence-electron chi connectivity index (χ3n) is 5.32. The van der Waals surface area contributed by atoms with E-state index in [0.29, 0.717) is 6.54 Å². The number of nitrogens with one attached hydrogen (secondary N) is 1. The minimum atomic E-state index is 0.0988. The zero-order valence-corrected chi connectivity index (χ0v) is 14.4. The van der Waals surface area contributed by atoms with Gasteiger partial charge < -0.3 is 5.32 Å². The van der Waals surface area contributed by atoms with Gasteiger partial charge in [-0.05, 0) is 75.2 Å². The van der Waals surface area contributed by atoms with Crippen LogP contribution in [0.25, 0.3) is 0 Å². The normalized spacial score (nSPS) is 20.4. The summed E-state index contributed by atoms with van der Waals surface area (Å²) < 4.78 is 0. The lowest BCUT2D eigenvalue weighted by molar-refractivity contribution is -0.122. The molecule has 1 amide bonds. The van der Waals surface area contributed by atoms with Gasteiger partial charge in [0, 0.05) is 0 Å². The number of aryl methyl sites for hydroxylation is 2. The Bertz CT molecular complexity index is 532. The number of nitrogens with zero attached hydrogens (tertiary/aromatic N) is 1. The Balaban J connectivity index is 1.55. The summed E-state index contributed by atoms with van der Waals surface area (Å²) in [6, 6.07) is 6.87. The Morgan fingerprint density at radius 3 is 2.48 bits per heavy atom. The van der Waals surface area contributed by atoms with Gasteiger partial charge in [-0.25, -0.2) is 0 Å². The molecule has 0 radical (unpaired) electrons. The maximum Gasteiger partial charge on any atom is 0.234 e. The van der Waals surface area contributed by atoms with Crippen molar-refractivity contribution in [2.45, 2.75) is 64.3 Å². The van der Waals surface area contributed by atoms with E-state index in [1.165, 1.54) is 68.1 Å². The highest BCUT2D eigenvalue weighted by molar-refractivity contribution is 5.78. The Morgan fingerprint density at radius 2 is 1.74 bits per heavy atom. The monoisotopic (exact) mass is 314 g/mol. The van der Waals surface area contributed by atoms with Crippen molar-refractivity contribution in [3.8, 4) is 0 Å². The lowest BCUT2D eigenvalue weighted by Crippen LogP contribution is -2.38. The third kappa shape index (κ3) is 4.57. The summed E-state index contributed by atoms with van der Waals surface area (Å²) in [5.74, 6) is 0.164. The number of likely N-dealkylation sites (tertiary alicyclic amines) is 1. The number of amides is 1. The van der Waals surface area contributed by atoms with E-state index in [-0.39, 0.29) is 11.9 Å². The number of rotatable bonds is 4. The highest BCUT2D eigenvalue weighted by atomic mass is 16.2. The van der Waals surface area contributed by atoms with Crippen LogP contribution in [0.15, 0.2) is 18.2 Å². The fourth-order valence-corrected chi connectivity index (χ4v) is 3.89. The molecule has 1 N–H and O–H groups in total. The predicted molar refractivity (Wildman–Crippen MR) is 94.5 cm³/mol. The highest BCUT2D eigenvalue weighted by Crippen LogP contribution is 2.24. The molecule has 1 heterocycles. The van der Waals surface area contributed by atoms with Crippen molar-refractivity contribution in [1.29, 1.82) is 0 Å². The molecule has 1 fully saturated rings. The summed E-state index contributed by atoms with van der Waals surface area (Å²) in [4.78, 5) is 14.7. The summed E-state index contributed by atoms with van der Waals surface area (Å²) in [6.45, 7) is 4.79. The maximum atomic E-state index is 12.3. The molecule has 1 saturated heterocycles. The molecule has 0 bridgehead atoms. The van der Waals surface area contributed by atoms with E-state index in [1.54, 1.807) is 0 Å². The van der Waals surface area contributed by atoms with Crippen LogP contribution in [-0.2, 0) is 17.6 Å². The molecule has 23 heavy (non-hydrogen) atoms. The number of carbonyl (C=O) groups excluding carboxylic acids is 1. The summed E-state index contributed by atoms with van der Waals surface area (Å²) in [5.41, 5.74) is 4.24. The Labute approximate surface area is 140 Å². The molecule has 2 aliphatic rings. The van der Waals surface area contributed by atoms with Crippen molar-refractivity contribution in [3.05, 3.63) is 34.9 Å². The molecule has 3 rings (SSSR count). The van der Waals surface area contributed by atoms with Crippen molar-refractivity contribution >= 4 is 5.91 Å². The summed E-state index contributed by atoms with van der Waals surface area (Å²) >= 11 is 0. The average molecular weight is 314 g/mol. The standard InChI is InChI=1S/C20H30N2O/c1-16(18-11-10-17-8-4-5-9-19(17)14-18)21-20(23)15-22-12-6-2-3-7-13-22/h10-11,14,16H,2-9,12-13,15H2,1H3,(H,21,23)/t16-/m0/s1. The molecular weight excluding hydrogens is 284 g/mol. The van der Waals surface area contributed by atoms with Gasteiger partial charge in [-0.2, -0.15) is 0 Å². The van der Waals surface area contributed by atoms with Crippen LogP contribution in [0.1, 0.15) is 68.2 Å². The van der Waals surface area contributed by atoms with Crippen LogP contribution in [-0.4, -0.2) is 30.4 Å². The molecule has 0 spiro atoms. The van der Waals surface area contributed by atoms with Crippen LogP contribution in [0.5, 0.6) is 0 Å². The van der Waals surface area contributed by atoms with Crippen LogP contribution in [0, 0.1) is 0 Å². The van der Waals surface area contributed by atoms with E-state index >= 15 is 0 Å². The molecule has 0 unspecified atom stereocenters. The van der Waals surface area contributed by atoms with E-state index < -0.39 is 0 Å². The van der Waals surface area contributed by atoms with Crippen LogP contribution in [0.3, 0.4) is 0 Å². The van der Waals surface area contributed by atoms with Crippen molar-refractivity contribution in [3.63, 3.8) is 0 Å². The average Bonchev–Trinajstić information content (AvgIpc) is 2.83. The van der Waals surface area contributed by atoms with E-state index in [1.807, 2.05) is 0 Å². The second-order valence-electron chi connectivity index (χ2n) is 7.21. The number of hydrogen-bond acceptors (Lipinski definition) is 2. The first-order valence-corrected chi connectivity index (χ1v) is 9.36. The number of benzene rings is 1. The van der Waals surface area contributed by atoms with Gasteiger partial charge in [-0.1, -0.05) is 31.0 Å². The molecule has 1 aromatic carbocycles. The minimum absolute atomic E-state index is 0.0988. The smallest absolute Gasteiger partial charge is 0.234 e. The number of fused-ring (bicyclic) bond motifs is 1. The minimum Gasteiger partial charge on any atom is -0.348 e. The molecule has 0 saturated carbocycles. The second kappa shape index (κ2) is 7.96. The first-order chi connectivity index (χ1) is 11.2. The Morgan fingerprint density at radius 1 is 1.04 bits per heavy atom. The zero-order chi connectivity index (χ0) is 16.1. The lowest BCUT2D eigenvalue weighted by atomic mass is 9.89. The van der Waals surface area contributed by atoms with Gasteiger partial charge in [0.05, 0.1) is 12.6 Å². The number of carbonyl (C=O) groups is 1. The van der Waals surface area contributed by atoms with Crippen LogP contribution in [0.2, 0.25) is 0 Å². The largest absolute Gasteiger partial charge is 0.348 e. The van der Waals surface area contributed by atoms with E-state index in [0.717, 1.165) is 13.1 Å². The van der Waals surface area contributed by atoms with E-state index in [2.05, 4.69) is 35.3 Å². The molecule has 1 aliphatic heterocycles.